The van der Waals surface area contributed by atoms with Gasteiger partial charge in [-0.15, -0.1) is 0 Å². The van der Waals surface area contributed by atoms with Crippen molar-refractivity contribution in [2.75, 3.05) is 50.4 Å². The molecule has 0 spiro atoms. The van der Waals surface area contributed by atoms with Crippen LogP contribution in [0.5, 0.6) is 0 Å². The number of carboxylic acid groups (broad SMARTS) is 1. The summed E-state index contributed by atoms with van der Waals surface area (Å²) in [4.78, 5) is 23.8. The molecule has 0 radical (unpaired) electrons. The van der Waals surface area contributed by atoms with Gasteiger partial charge in [0.15, 0.2) is 0 Å². The molecule has 0 heterocycles. The fraction of sp³-hybridized carbons (Fsp3) is 0.316. The van der Waals surface area contributed by atoms with Gasteiger partial charge in [-0.3, -0.25) is 8.42 Å². The van der Waals surface area contributed by atoms with Crippen LogP contribution in [0.25, 0.3) is 0 Å². The van der Waals surface area contributed by atoms with Crippen molar-refractivity contribution in [2.45, 2.75) is 59.3 Å². The van der Waals surface area contributed by atoms with E-state index < -0.39 is 34.5 Å². The summed E-state index contributed by atoms with van der Waals surface area (Å²) in [6, 6.07) is 24.6. The van der Waals surface area contributed by atoms with Gasteiger partial charge in [0.25, 0.3) is 0 Å². The number of esters is 1. The normalized spacial score (nSPS) is 11.6. The van der Waals surface area contributed by atoms with E-state index in [1.54, 1.807) is 6.07 Å². The summed E-state index contributed by atoms with van der Waals surface area (Å²) < 4.78 is 54.9. The van der Waals surface area contributed by atoms with Crippen LogP contribution in [0.15, 0.2) is 84.9 Å². The number of carbonyl (C=O) groups is 2. The van der Waals surface area contributed by atoms with Crippen molar-refractivity contribution in [3.63, 3.8) is 0 Å². The lowest BCUT2D eigenvalue weighted by molar-refractivity contribution is 0.0499. The highest BCUT2D eigenvalue weighted by Crippen LogP contribution is 2.37. The molecule has 0 amide bonds. The number of anilines is 8. The lowest BCUT2D eigenvalue weighted by atomic mass is 10.1. The smallest absolute Gasteiger partial charge is 0.338 e. The number of hydrogen-bond donors (Lipinski definition) is 7. The van der Waals surface area contributed by atoms with Crippen LogP contribution in [0.3, 0.4) is 0 Å². The van der Waals surface area contributed by atoms with E-state index in [0.717, 1.165) is 49.9 Å². The summed E-state index contributed by atoms with van der Waals surface area (Å²) in [5, 5.41) is 22.2. The largest absolute Gasteiger partial charge is 0.755 e. The van der Waals surface area contributed by atoms with Gasteiger partial charge in [0, 0.05) is 47.0 Å². The predicted octanol–water partition coefficient (Wildman–Crippen LogP) is 8.35. The first-order valence-corrected chi connectivity index (χ1v) is 19.8. The molecule has 0 aromatic heterocycles. The zero-order valence-electron chi connectivity index (χ0n) is 30.6. The second kappa shape index (κ2) is 23.5. The molecule has 0 fully saturated rings. The number of carbonyl (C=O) groups excluding carboxylic acids is 1. The molecule has 14 nitrogen and oxygen atoms in total. The summed E-state index contributed by atoms with van der Waals surface area (Å²) in [5.41, 5.74) is 4.41. The Morgan fingerprint density at radius 3 is 1.44 bits per heavy atom. The minimum absolute atomic E-state index is 0.00874. The van der Waals surface area contributed by atoms with Crippen LogP contribution in [0.2, 0.25) is 0 Å². The van der Waals surface area contributed by atoms with Crippen molar-refractivity contribution in [3.05, 3.63) is 96.1 Å². The molecule has 16 heteroatoms. The molecule has 4 aromatic rings. The average Bonchev–Trinajstić information content (AvgIpc) is 3.14. The predicted molar refractivity (Wildman–Crippen MR) is 216 cm³/mol. The second-order valence-corrected chi connectivity index (χ2v) is 13.3. The summed E-state index contributed by atoms with van der Waals surface area (Å²) in [6.45, 7) is 7.80. The van der Waals surface area contributed by atoms with Crippen molar-refractivity contribution >= 4 is 80.0 Å². The fourth-order valence-electron chi connectivity index (χ4n) is 4.94. The highest BCUT2D eigenvalue weighted by atomic mass is 32.2. The van der Waals surface area contributed by atoms with Crippen molar-refractivity contribution in [1.29, 1.82) is 0 Å². The van der Waals surface area contributed by atoms with E-state index in [4.69, 9.17) is 4.74 Å². The molecule has 0 bridgehead atoms. The molecular weight excluding hydrogens is 733 g/mol. The van der Waals surface area contributed by atoms with Crippen LogP contribution in [0, 0.1) is 0 Å². The number of para-hydroxylation sites is 2. The lowest BCUT2D eigenvalue weighted by Crippen LogP contribution is -2.13. The number of benzene rings is 4. The Balaban J connectivity index is 0.000000294. The van der Waals surface area contributed by atoms with E-state index in [1.807, 2.05) is 74.5 Å². The number of rotatable bonds is 21. The monoisotopic (exact) mass is 780 g/mol. The van der Waals surface area contributed by atoms with Gasteiger partial charge in [-0.1, -0.05) is 76.4 Å². The van der Waals surface area contributed by atoms with Crippen LogP contribution in [0.4, 0.5) is 45.5 Å². The first kappa shape index (κ1) is 43.2. The van der Waals surface area contributed by atoms with Gasteiger partial charge in [0.1, 0.15) is 0 Å². The number of carboxylic acids is 1. The van der Waals surface area contributed by atoms with Crippen LogP contribution in [-0.2, 0) is 27.3 Å². The summed E-state index contributed by atoms with van der Waals surface area (Å²) in [7, 11) is 0. The van der Waals surface area contributed by atoms with Crippen molar-refractivity contribution in [3.8, 4) is 0 Å². The van der Waals surface area contributed by atoms with Crippen molar-refractivity contribution in [2.24, 2.45) is 0 Å². The highest BCUT2D eigenvalue weighted by Gasteiger charge is 2.18. The zero-order valence-corrected chi connectivity index (χ0v) is 32.2. The minimum atomic E-state index is -2.58. The Bertz CT molecular complexity index is 1830. The van der Waals surface area contributed by atoms with Gasteiger partial charge in [-0.2, -0.15) is 0 Å². The third kappa shape index (κ3) is 14.7. The Labute approximate surface area is 321 Å². The number of hydrogen-bond acceptors (Lipinski definition) is 11. The first-order chi connectivity index (χ1) is 26.1. The van der Waals surface area contributed by atoms with Gasteiger partial charge < -0.3 is 49.7 Å². The molecule has 2 unspecified atom stereocenters. The highest BCUT2D eigenvalue weighted by molar-refractivity contribution is 7.80. The SMILES string of the molecule is CCCCNc1cc(C(=O)O)cc(NS(=O)[O-])c1Nc1ccccc1.CCCCNc1cc(C(=O)OCCCC)cc(NS(=O)[O-])c1Nc1ccccc1. The van der Waals surface area contributed by atoms with Crippen LogP contribution >= 0.6 is 0 Å². The summed E-state index contributed by atoms with van der Waals surface area (Å²) in [5.74, 6) is -1.62. The van der Waals surface area contributed by atoms with Crippen LogP contribution in [-0.4, -0.2) is 54.3 Å². The lowest BCUT2D eigenvalue weighted by Gasteiger charge is -2.21. The second-order valence-electron chi connectivity index (χ2n) is 11.9. The summed E-state index contributed by atoms with van der Waals surface area (Å²) in [6.07, 6.45) is 5.51. The van der Waals surface area contributed by atoms with Gasteiger partial charge in [0.05, 0.1) is 51.9 Å². The Morgan fingerprint density at radius 1 is 0.630 bits per heavy atom. The molecule has 7 N–H and O–H groups in total. The fourth-order valence-corrected chi connectivity index (χ4v) is 5.62. The molecule has 4 rings (SSSR count). The molecule has 0 aliphatic rings. The molecule has 0 saturated carbocycles. The molecule has 54 heavy (non-hydrogen) atoms. The van der Waals surface area contributed by atoms with Crippen molar-refractivity contribution < 1.29 is 37.0 Å². The zero-order chi connectivity index (χ0) is 39.3. The van der Waals surface area contributed by atoms with Crippen LogP contribution in [0.1, 0.15) is 80.0 Å². The molecule has 292 valence electrons. The van der Waals surface area contributed by atoms with E-state index in [1.165, 1.54) is 18.2 Å². The molecule has 0 aliphatic heterocycles. The Hall–Kier alpha value is -5.16. The van der Waals surface area contributed by atoms with E-state index in [-0.39, 0.29) is 22.5 Å². The topological polar surface area (TPSA) is 216 Å². The molecule has 0 saturated heterocycles. The van der Waals surface area contributed by atoms with E-state index in [9.17, 15) is 32.2 Å². The quantitative estimate of drug-likeness (QED) is 0.0241. The maximum absolute atomic E-state index is 12.5. The number of aromatic carboxylic acids is 1. The minimum Gasteiger partial charge on any atom is -0.755 e. The third-order valence-electron chi connectivity index (χ3n) is 7.65. The number of nitrogens with one attached hydrogen (secondary N) is 6. The Morgan fingerprint density at radius 2 is 1.04 bits per heavy atom. The van der Waals surface area contributed by atoms with Gasteiger partial charge >= 0.3 is 11.9 Å². The Kier molecular flexibility index (Phi) is 18.8. The maximum atomic E-state index is 12.5. The number of unbranched alkanes of at least 4 members (excludes halogenated alkanes) is 3. The summed E-state index contributed by atoms with van der Waals surface area (Å²) >= 11 is -5.13. The molecular formula is C38H48N6O8S2-2. The number of ether oxygens (including phenoxy) is 1. The molecule has 4 aromatic carbocycles. The van der Waals surface area contributed by atoms with E-state index in [0.29, 0.717) is 42.4 Å². The van der Waals surface area contributed by atoms with Crippen LogP contribution < -0.4 is 30.7 Å². The van der Waals surface area contributed by atoms with Gasteiger partial charge in [-0.25, -0.2) is 9.59 Å². The first-order valence-electron chi connectivity index (χ1n) is 17.7. The van der Waals surface area contributed by atoms with Crippen molar-refractivity contribution in [1.82, 2.24) is 0 Å². The molecule has 2 atom stereocenters. The van der Waals surface area contributed by atoms with Gasteiger partial charge in [0.2, 0.25) is 0 Å². The van der Waals surface area contributed by atoms with Gasteiger partial charge in [-0.05, 0) is 67.8 Å². The maximum Gasteiger partial charge on any atom is 0.338 e. The molecule has 0 aliphatic carbocycles. The van der Waals surface area contributed by atoms with E-state index in [2.05, 4.69) is 37.6 Å². The third-order valence-corrected chi connectivity index (χ3v) is 8.43. The standard InChI is InChI=1S/C21H29N3O4S.C17H21N3O4S/c1-3-5-12-22-18-14-16(21(25)28-13-6-4-2)15-19(24-29(26)27)20(18)23-17-10-8-7-9-11-17;1-2-3-9-18-14-10-12(17(21)22)11-15(20-25(23)24)16(14)19-13-7-5-4-6-8-13/h7-11,14-15,22-24H,3-6,12-13H2,1-2H3,(H,26,27);4-8,10-11,18-20H,2-3,9H2,1H3,(H,21,22)(H,23,24)/p-2. The van der Waals surface area contributed by atoms with E-state index >= 15 is 0 Å². The average molecular weight is 781 g/mol.